The molecule has 106 valence electrons. The molecule has 0 bridgehead atoms. The molecule has 1 aromatic carbocycles. The van der Waals surface area contributed by atoms with Crippen LogP contribution >= 0.6 is 0 Å². The first kappa shape index (κ1) is 15.8. The van der Waals surface area contributed by atoms with Gasteiger partial charge in [-0.05, 0) is 30.7 Å². The summed E-state index contributed by atoms with van der Waals surface area (Å²) in [4.78, 5) is 23.2. The molecule has 4 nitrogen and oxygen atoms in total. The number of terminal acetylenes is 1. The average Bonchev–Trinajstić information content (AvgIpc) is 2.49. The van der Waals surface area contributed by atoms with Crippen molar-refractivity contribution in [2.45, 2.75) is 26.2 Å². The number of hydrogen-bond acceptors (Lipinski definition) is 3. The van der Waals surface area contributed by atoms with Crippen molar-refractivity contribution in [1.29, 1.82) is 0 Å². The first-order valence-corrected chi connectivity index (χ1v) is 6.63. The summed E-state index contributed by atoms with van der Waals surface area (Å²) in [6, 6.07) is 6.96. The number of amides is 1. The molecule has 4 heteroatoms. The average molecular weight is 273 g/mol. The highest BCUT2D eigenvalue weighted by Crippen LogP contribution is 2.14. The maximum atomic E-state index is 11.9. The van der Waals surface area contributed by atoms with Crippen LogP contribution in [0.5, 0.6) is 5.75 Å². The molecule has 1 amide bonds. The van der Waals surface area contributed by atoms with Gasteiger partial charge < -0.3 is 10.1 Å². The zero-order chi connectivity index (χ0) is 14.8. The van der Waals surface area contributed by atoms with Crippen LogP contribution in [0.25, 0.3) is 0 Å². The summed E-state index contributed by atoms with van der Waals surface area (Å²) in [6.07, 6.45) is 6.29. The second kappa shape index (κ2) is 8.76. The number of nitrogens with one attached hydrogen (secondary N) is 1. The lowest BCUT2D eigenvalue weighted by Gasteiger charge is -2.05. The number of benzene rings is 1. The molecule has 0 heterocycles. The first-order chi connectivity index (χ1) is 9.67. The van der Waals surface area contributed by atoms with Gasteiger partial charge in [0.2, 0.25) is 5.91 Å². The second-order valence-electron chi connectivity index (χ2n) is 4.28. The summed E-state index contributed by atoms with van der Waals surface area (Å²) in [5.74, 6) is 2.78. The van der Waals surface area contributed by atoms with Crippen LogP contribution in [0.3, 0.4) is 0 Å². The predicted molar refractivity (Wildman–Crippen MR) is 77.6 cm³/mol. The Labute approximate surface area is 119 Å². The fourth-order valence-electron chi connectivity index (χ4n) is 1.57. The normalized spacial score (nSPS) is 9.60. The number of hydrogen-bond donors (Lipinski definition) is 1. The van der Waals surface area contributed by atoms with Gasteiger partial charge in [0, 0.05) is 18.4 Å². The van der Waals surface area contributed by atoms with E-state index in [-0.39, 0.29) is 31.1 Å². The van der Waals surface area contributed by atoms with Gasteiger partial charge in [-0.25, -0.2) is 0 Å². The quantitative estimate of drug-likeness (QED) is 0.583. The van der Waals surface area contributed by atoms with E-state index in [1.54, 1.807) is 24.3 Å². The molecule has 1 N–H and O–H groups in total. The van der Waals surface area contributed by atoms with E-state index < -0.39 is 0 Å². The summed E-state index contributed by atoms with van der Waals surface area (Å²) in [7, 11) is 0. The largest absolute Gasteiger partial charge is 0.494 e. The standard InChI is InChI=1S/C16H19NO3/c1-3-11-17-16(19)10-9-15(18)13-5-7-14(8-6-13)20-12-4-2/h1,5-8H,4,9-12H2,2H3,(H,17,19). The van der Waals surface area contributed by atoms with Crippen molar-refractivity contribution in [1.82, 2.24) is 5.32 Å². The highest BCUT2D eigenvalue weighted by Gasteiger charge is 2.09. The summed E-state index contributed by atoms with van der Waals surface area (Å²) in [5, 5.41) is 2.52. The minimum Gasteiger partial charge on any atom is -0.494 e. The molecule has 0 aromatic heterocycles. The van der Waals surface area contributed by atoms with E-state index in [4.69, 9.17) is 11.2 Å². The molecule has 0 fully saturated rings. The second-order valence-corrected chi connectivity index (χ2v) is 4.28. The van der Waals surface area contributed by atoms with E-state index >= 15 is 0 Å². The molecule has 0 radical (unpaired) electrons. The van der Waals surface area contributed by atoms with Crippen LogP contribution < -0.4 is 10.1 Å². The van der Waals surface area contributed by atoms with Crippen molar-refractivity contribution in [2.24, 2.45) is 0 Å². The predicted octanol–water partition coefficient (Wildman–Crippen LogP) is 2.19. The Morgan fingerprint density at radius 2 is 1.95 bits per heavy atom. The highest BCUT2D eigenvalue weighted by atomic mass is 16.5. The first-order valence-electron chi connectivity index (χ1n) is 6.63. The van der Waals surface area contributed by atoms with Gasteiger partial charge in [0.05, 0.1) is 13.2 Å². The van der Waals surface area contributed by atoms with Gasteiger partial charge in [-0.2, -0.15) is 0 Å². The van der Waals surface area contributed by atoms with Crippen LogP contribution in [0.2, 0.25) is 0 Å². The maximum absolute atomic E-state index is 11.9. The minimum atomic E-state index is -0.209. The van der Waals surface area contributed by atoms with Gasteiger partial charge in [0.15, 0.2) is 5.78 Å². The Balaban J connectivity index is 2.43. The van der Waals surface area contributed by atoms with Gasteiger partial charge in [-0.15, -0.1) is 6.42 Å². The summed E-state index contributed by atoms with van der Waals surface area (Å²) >= 11 is 0. The molecule has 0 spiro atoms. The zero-order valence-corrected chi connectivity index (χ0v) is 11.6. The minimum absolute atomic E-state index is 0.0668. The Hall–Kier alpha value is -2.28. The number of carbonyl (C=O) groups is 2. The smallest absolute Gasteiger partial charge is 0.221 e. The van der Waals surface area contributed by atoms with Crippen LogP contribution in [-0.4, -0.2) is 24.8 Å². The third-order valence-electron chi connectivity index (χ3n) is 2.62. The van der Waals surface area contributed by atoms with Gasteiger partial charge in [-0.3, -0.25) is 9.59 Å². The molecular formula is C16H19NO3. The number of rotatable bonds is 8. The van der Waals surface area contributed by atoms with Crippen molar-refractivity contribution in [3.05, 3.63) is 29.8 Å². The van der Waals surface area contributed by atoms with Gasteiger partial charge in [0.25, 0.3) is 0 Å². The Bertz CT molecular complexity index is 485. The van der Waals surface area contributed by atoms with Gasteiger partial charge >= 0.3 is 0 Å². The summed E-state index contributed by atoms with van der Waals surface area (Å²) in [5.41, 5.74) is 0.582. The van der Waals surface area contributed by atoms with Crippen LogP contribution in [0.15, 0.2) is 24.3 Å². The molecule has 0 aliphatic heterocycles. The van der Waals surface area contributed by atoms with E-state index in [1.165, 1.54) is 0 Å². The lowest BCUT2D eigenvalue weighted by Crippen LogP contribution is -2.23. The molecule has 0 unspecified atom stereocenters. The fraction of sp³-hybridized carbons (Fsp3) is 0.375. The van der Waals surface area contributed by atoms with E-state index in [0.29, 0.717) is 12.2 Å². The van der Waals surface area contributed by atoms with Crippen molar-refractivity contribution in [2.75, 3.05) is 13.2 Å². The summed E-state index contributed by atoms with van der Waals surface area (Å²) in [6.45, 7) is 2.88. The third-order valence-corrected chi connectivity index (χ3v) is 2.62. The van der Waals surface area contributed by atoms with Crippen LogP contribution in [-0.2, 0) is 4.79 Å². The molecule has 0 aliphatic rings. The zero-order valence-electron chi connectivity index (χ0n) is 11.6. The molecule has 0 saturated heterocycles. The number of ether oxygens (including phenoxy) is 1. The van der Waals surface area contributed by atoms with Crippen LogP contribution in [0.4, 0.5) is 0 Å². The fourth-order valence-corrected chi connectivity index (χ4v) is 1.57. The number of Topliss-reactive ketones (excluding diaryl/α,β-unsaturated/α-hetero) is 1. The number of carbonyl (C=O) groups excluding carboxylic acids is 2. The lowest BCUT2D eigenvalue weighted by molar-refractivity contribution is -0.120. The van der Waals surface area contributed by atoms with E-state index in [2.05, 4.69) is 11.2 Å². The Morgan fingerprint density at radius 1 is 1.25 bits per heavy atom. The molecule has 0 aliphatic carbocycles. The molecule has 0 saturated carbocycles. The topological polar surface area (TPSA) is 55.4 Å². The monoisotopic (exact) mass is 273 g/mol. The summed E-state index contributed by atoms with van der Waals surface area (Å²) < 4.78 is 5.44. The van der Waals surface area contributed by atoms with Crippen molar-refractivity contribution >= 4 is 11.7 Å². The molecule has 1 rings (SSSR count). The van der Waals surface area contributed by atoms with Crippen molar-refractivity contribution in [3.63, 3.8) is 0 Å². The van der Waals surface area contributed by atoms with Gasteiger partial charge in [-0.1, -0.05) is 12.8 Å². The van der Waals surface area contributed by atoms with Crippen LogP contribution in [0, 0.1) is 12.3 Å². The Morgan fingerprint density at radius 3 is 2.55 bits per heavy atom. The van der Waals surface area contributed by atoms with Crippen LogP contribution in [0.1, 0.15) is 36.5 Å². The van der Waals surface area contributed by atoms with E-state index in [0.717, 1.165) is 12.2 Å². The number of ketones is 1. The van der Waals surface area contributed by atoms with Crippen molar-refractivity contribution < 1.29 is 14.3 Å². The van der Waals surface area contributed by atoms with E-state index in [1.807, 2.05) is 6.92 Å². The SMILES string of the molecule is C#CCNC(=O)CCC(=O)c1ccc(OCCC)cc1. The van der Waals surface area contributed by atoms with Crippen molar-refractivity contribution in [3.8, 4) is 18.1 Å². The third kappa shape index (κ3) is 5.57. The van der Waals surface area contributed by atoms with E-state index in [9.17, 15) is 9.59 Å². The highest BCUT2D eigenvalue weighted by molar-refractivity contribution is 5.98. The molecule has 20 heavy (non-hydrogen) atoms. The molecule has 0 atom stereocenters. The maximum Gasteiger partial charge on any atom is 0.221 e. The molecule has 1 aromatic rings. The molecular weight excluding hydrogens is 254 g/mol. The van der Waals surface area contributed by atoms with Gasteiger partial charge in [0.1, 0.15) is 5.75 Å². The Kier molecular flexibility index (Phi) is 6.91. The lowest BCUT2D eigenvalue weighted by atomic mass is 10.1.